The third-order valence-corrected chi connectivity index (χ3v) is 3.32. The predicted octanol–water partition coefficient (Wildman–Crippen LogP) is 0.549. The van der Waals surface area contributed by atoms with Crippen molar-refractivity contribution in [2.45, 2.75) is 13.3 Å². The SMILES string of the molecule is Cc1ccccc1N1CC(C(=O)NCC(=O)O)CC1=O. The van der Waals surface area contributed by atoms with Gasteiger partial charge in [-0.25, -0.2) is 0 Å². The largest absolute Gasteiger partial charge is 0.480 e. The van der Waals surface area contributed by atoms with Crippen molar-refractivity contribution >= 4 is 23.5 Å². The molecule has 1 aromatic carbocycles. The molecule has 0 saturated carbocycles. The fourth-order valence-corrected chi connectivity index (χ4v) is 2.29. The normalized spacial score (nSPS) is 18.1. The van der Waals surface area contributed by atoms with Crippen LogP contribution in [0.3, 0.4) is 0 Å². The number of benzene rings is 1. The Morgan fingerprint density at radius 3 is 2.75 bits per heavy atom. The van der Waals surface area contributed by atoms with Crippen LogP contribution in [0.4, 0.5) is 5.69 Å². The Balaban J connectivity index is 2.06. The molecule has 1 aliphatic rings. The van der Waals surface area contributed by atoms with Gasteiger partial charge in [-0.1, -0.05) is 18.2 Å². The number of aryl methyl sites for hydroxylation is 1. The van der Waals surface area contributed by atoms with E-state index in [9.17, 15) is 14.4 Å². The quantitative estimate of drug-likeness (QED) is 0.840. The Hall–Kier alpha value is -2.37. The summed E-state index contributed by atoms with van der Waals surface area (Å²) in [7, 11) is 0. The number of hydrogen-bond donors (Lipinski definition) is 2. The van der Waals surface area contributed by atoms with Crippen LogP contribution in [0, 0.1) is 12.8 Å². The molecule has 0 spiro atoms. The van der Waals surface area contributed by atoms with E-state index in [0.717, 1.165) is 11.3 Å². The van der Waals surface area contributed by atoms with Crippen LogP contribution >= 0.6 is 0 Å². The number of anilines is 1. The van der Waals surface area contributed by atoms with E-state index < -0.39 is 24.3 Å². The molecule has 1 aromatic rings. The molecular weight excluding hydrogens is 260 g/mol. The molecule has 1 atom stereocenters. The summed E-state index contributed by atoms with van der Waals surface area (Å²) in [6, 6.07) is 7.47. The molecule has 0 radical (unpaired) electrons. The van der Waals surface area contributed by atoms with Crippen molar-refractivity contribution in [3.05, 3.63) is 29.8 Å². The minimum atomic E-state index is -1.10. The second-order valence-electron chi connectivity index (χ2n) is 4.80. The highest BCUT2D eigenvalue weighted by Crippen LogP contribution is 2.27. The number of amides is 2. The van der Waals surface area contributed by atoms with Gasteiger partial charge in [0.25, 0.3) is 0 Å². The molecule has 2 rings (SSSR count). The van der Waals surface area contributed by atoms with Crippen LogP contribution in [0.1, 0.15) is 12.0 Å². The number of aliphatic carboxylic acids is 1. The number of carbonyl (C=O) groups excluding carboxylic acids is 2. The molecule has 0 bridgehead atoms. The zero-order valence-corrected chi connectivity index (χ0v) is 11.1. The number of hydrogen-bond acceptors (Lipinski definition) is 3. The number of para-hydroxylation sites is 1. The fourth-order valence-electron chi connectivity index (χ4n) is 2.29. The predicted molar refractivity (Wildman–Crippen MR) is 72.3 cm³/mol. The van der Waals surface area contributed by atoms with Crippen LogP contribution in [0.2, 0.25) is 0 Å². The minimum absolute atomic E-state index is 0.111. The van der Waals surface area contributed by atoms with Crippen molar-refractivity contribution in [3.63, 3.8) is 0 Å². The lowest BCUT2D eigenvalue weighted by molar-refractivity contribution is -0.138. The summed E-state index contributed by atoms with van der Waals surface area (Å²) in [4.78, 5) is 35.8. The molecule has 1 fully saturated rings. The van der Waals surface area contributed by atoms with E-state index in [2.05, 4.69) is 5.32 Å². The molecule has 2 amide bonds. The first-order valence-corrected chi connectivity index (χ1v) is 6.34. The Morgan fingerprint density at radius 1 is 1.40 bits per heavy atom. The van der Waals surface area contributed by atoms with Gasteiger partial charge in [0.2, 0.25) is 11.8 Å². The molecular formula is C14H16N2O4. The van der Waals surface area contributed by atoms with E-state index in [4.69, 9.17) is 5.11 Å². The molecule has 0 aliphatic carbocycles. The first kappa shape index (κ1) is 14.0. The number of rotatable bonds is 4. The molecule has 1 heterocycles. The van der Waals surface area contributed by atoms with Gasteiger partial charge >= 0.3 is 5.97 Å². The van der Waals surface area contributed by atoms with Crippen molar-refractivity contribution in [1.82, 2.24) is 5.32 Å². The summed E-state index contributed by atoms with van der Waals surface area (Å²) in [5, 5.41) is 10.8. The Morgan fingerprint density at radius 2 is 2.10 bits per heavy atom. The van der Waals surface area contributed by atoms with Crippen LogP contribution < -0.4 is 10.2 Å². The number of nitrogens with zero attached hydrogens (tertiary/aromatic N) is 1. The van der Waals surface area contributed by atoms with Crippen LogP contribution in [-0.4, -0.2) is 36.0 Å². The van der Waals surface area contributed by atoms with Crippen LogP contribution in [-0.2, 0) is 14.4 Å². The van der Waals surface area contributed by atoms with Gasteiger partial charge in [0.15, 0.2) is 0 Å². The van der Waals surface area contributed by atoms with Gasteiger partial charge in [0, 0.05) is 18.7 Å². The van der Waals surface area contributed by atoms with Crippen molar-refractivity contribution < 1.29 is 19.5 Å². The molecule has 20 heavy (non-hydrogen) atoms. The third-order valence-electron chi connectivity index (χ3n) is 3.32. The second-order valence-corrected chi connectivity index (χ2v) is 4.80. The lowest BCUT2D eigenvalue weighted by Crippen LogP contribution is -2.36. The average molecular weight is 276 g/mol. The molecule has 1 aliphatic heterocycles. The van der Waals surface area contributed by atoms with E-state index in [1.165, 1.54) is 0 Å². The zero-order valence-electron chi connectivity index (χ0n) is 11.1. The van der Waals surface area contributed by atoms with Crippen molar-refractivity contribution in [2.75, 3.05) is 18.0 Å². The summed E-state index contributed by atoms with van der Waals surface area (Å²) in [5.41, 5.74) is 1.76. The van der Waals surface area contributed by atoms with E-state index in [0.29, 0.717) is 0 Å². The zero-order chi connectivity index (χ0) is 14.7. The molecule has 6 nitrogen and oxygen atoms in total. The third kappa shape index (κ3) is 2.96. The molecule has 1 saturated heterocycles. The van der Waals surface area contributed by atoms with Gasteiger partial charge in [0.05, 0.1) is 5.92 Å². The number of carbonyl (C=O) groups is 3. The Bertz CT molecular complexity index is 556. The van der Waals surface area contributed by atoms with Gasteiger partial charge in [-0.2, -0.15) is 0 Å². The van der Waals surface area contributed by atoms with Gasteiger partial charge in [-0.3, -0.25) is 14.4 Å². The summed E-state index contributed by atoms with van der Waals surface area (Å²) < 4.78 is 0. The molecule has 2 N–H and O–H groups in total. The summed E-state index contributed by atoms with van der Waals surface area (Å²) in [6.45, 7) is 1.77. The minimum Gasteiger partial charge on any atom is -0.480 e. The van der Waals surface area contributed by atoms with Crippen LogP contribution in [0.25, 0.3) is 0 Å². The first-order valence-electron chi connectivity index (χ1n) is 6.34. The first-order chi connectivity index (χ1) is 9.49. The van der Waals surface area contributed by atoms with E-state index in [1.54, 1.807) is 4.90 Å². The maximum absolute atomic E-state index is 12.0. The molecule has 1 unspecified atom stereocenters. The number of nitrogens with one attached hydrogen (secondary N) is 1. The van der Waals surface area contributed by atoms with E-state index in [1.807, 2.05) is 31.2 Å². The molecule has 106 valence electrons. The Kier molecular flexibility index (Phi) is 4.02. The van der Waals surface area contributed by atoms with Gasteiger partial charge in [-0.05, 0) is 18.6 Å². The topological polar surface area (TPSA) is 86.7 Å². The maximum atomic E-state index is 12.0. The lowest BCUT2D eigenvalue weighted by atomic mass is 10.1. The number of carboxylic acids is 1. The highest BCUT2D eigenvalue weighted by atomic mass is 16.4. The number of carboxylic acid groups (broad SMARTS) is 1. The maximum Gasteiger partial charge on any atom is 0.322 e. The van der Waals surface area contributed by atoms with E-state index in [-0.39, 0.29) is 18.9 Å². The van der Waals surface area contributed by atoms with Crippen molar-refractivity contribution in [2.24, 2.45) is 5.92 Å². The van der Waals surface area contributed by atoms with Crippen molar-refractivity contribution in [3.8, 4) is 0 Å². The summed E-state index contributed by atoms with van der Waals surface area (Å²) >= 11 is 0. The highest BCUT2D eigenvalue weighted by molar-refractivity contribution is 6.01. The van der Waals surface area contributed by atoms with Crippen LogP contribution in [0.5, 0.6) is 0 Å². The van der Waals surface area contributed by atoms with E-state index >= 15 is 0 Å². The Labute approximate surface area is 116 Å². The highest BCUT2D eigenvalue weighted by Gasteiger charge is 2.35. The van der Waals surface area contributed by atoms with Gasteiger partial charge < -0.3 is 15.3 Å². The summed E-state index contributed by atoms with van der Waals surface area (Å²) in [6.07, 6.45) is 0.111. The monoisotopic (exact) mass is 276 g/mol. The fraction of sp³-hybridized carbons (Fsp3) is 0.357. The molecule has 6 heteroatoms. The second kappa shape index (κ2) is 5.73. The van der Waals surface area contributed by atoms with Gasteiger partial charge in [0.1, 0.15) is 6.54 Å². The smallest absolute Gasteiger partial charge is 0.322 e. The molecule has 0 aromatic heterocycles. The average Bonchev–Trinajstić information content (AvgIpc) is 2.78. The van der Waals surface area contributed by atoms with Crippen molar-refractivity contribution in [1.29, 1.82) is 0 Å². The standard InChI is InChI=1S/C14H16N2O4/c1-9-4-2-3-5-11(9)16-8-10(6-12(16)17)14(20)15-7-13(18)19/h2-5,10H,6-8H2,1H3,(H,15,20)(H,18,19). The lowest BCUT2D eigenvalue weighted by Gasteiger charge is -2.18. The summed E-state index contributed by atoms with van der Waals surface area (Å²) in [5.74, 6) is -2.11. The van der Waals surface area contributed by atoms with Crippen LogP contribution in [0.15, 0.2) is 24.3 Å². The van der Waals surface area contributed by atoms with Gasteiger partial charge in [-0.15, -0.1) is 0 Å².